The highest BCUT2D eigenvalue weighted by atomic mass is 32.2. The van der Waals surface area contributed by atoms with Crippen molar-refractivity contribution in [1.82, 2.24) is 9.71 Å². The first-order chi connectivity index (χ1) is 9.81. The van der Waals surface area contributed by atoms with Gasteiger partial charge < -0.3 is 4.98 Å². The Hall–Kier alpha value is -2.06. The highest BCUT2D eigenvalue weighted by Crippen LogP contribution is 2.17. The molecule has 0 aliphatic carbocycles. The van der Waals surface area contributed by atoms with Gasteiger partial charge in [0.2, 0.25) is 15.5 Å². The predicted molar refractivity (Wildman–Crippen MR) is 72.2 cm³/mol. The third-order valence-electron chi connectivity index (χ3n) is 2.85. The summed E-state index contributed by atoms with van der Waals surface area (Å²) in [7, 11) is -4.07. The van der Waals surface area contributed by atoms with Crippen LogP contribution < -0.4 is 10.2 Å². The van der Waals surface area contributed by atoms with E-state index in [0.29, 0.717) is 0 Å². The molecule has 2 N–H and O–H groups in total. The Morgan fingerprint density at radius 3 is 2.52 bits per heavy atom. The lowest BCUT2D eigenvalue weighted by atomic mass is 10.1. The number of nitrogens with one attached hydrogen (secondary N) is 2. The molecule has 0 spiro atoms. The molecule has 0 amide bonds. The zero-order chi connectivity index (χ0) is 15.6. The van der Waals surface area contributed by atoms with Crippen molar-refractivity contribution in [3.8, 4) is 0 Å². The molecule has 5 nitrogen and oxygen atoms in total. The normalized spacial score (nSPS) is 13.1. The molecule has 8 heteroatoms. The van der Waals surface area contributed by atoms with Crippen molar-refractivity contribution >= 4 is 10.0 Å². The number of sulfonamides is 1. The van der Waals surface area contributed by atoms with Gasteiger partial charge in [0, 0.05) is 24.5 Å². The van der Waals surface area contributed by atoms with E-state index in [9.17, 15) is 22.0 Å². The molecule has 0 bridgehead atoms. The second-order valence-electron chi connectivity index (χ2n) is 4.39. The maximum absolute atomic E-state index is 13.2. The molecule has 1 unspecified atom stereocenters. The van der Waals surface area contributed by atoms with E-state index >= 15 is 0 Å². The fourth-order valence-electron chi connectivity index (χ4n) is 1.76. The van der Waals surface area contributed by atoms with Crippen LogP contribution >= 0.6 is 0 Å². The van der Waals surface area contributed by atoms with Gasteiger partial charge >= 0.3 is 0 Å². The number of pyridine rings is 1. The largest absolute Gasteiger partial charge is 0.366 e. The van der Waals surface area contributed by atoms with Gasteiger partial charge in [-0.3, -0.25) is 4.79 Å². The van der Waals surface area contributed by atoms with Crippen LogP contribution in [0.5, 0.6) is 0 Å². The summed E-state index contributed by atoms with van der Waals surface area (Å²) in [6, 6.07) is 3.32. The lowest BCUT2D eigenvalue weighted by molar-refractivity contribution is 0.504. The molecule has 0 saturated carbocycles. The smallest absolute Gasteiger partial charge is 0.246 e. The van der Waals surface area contributed by atoms with Gasteiger partial charge in [-0.25, -0.2) is 21.9 Å². The summed E-state index contributed by atoms with van der Waals surface area (Å²) in [5.41, 5.74) is -0.427. The van der Waals surface area contributed by atoms with E-state index in [1.54, 1.807) is 0 Å². The van der Waals surface area contributed by atoms with Gasteiger partial charge in [0.1, 0.15) is 4.90 Å². The Kier molecular flexibility index (Phi) is 4.19. The Morgan fingerprint density at radius 2 is 1.90 bits per heavy atom. The van der Waals surface area contributed by atoms with Crippen molar-refractivity contribution in [1.29, 1.82) is 0 Å². The highest BCUT2D eigenvalue weighted by molar-refractivity contribution is 7.89. The molecule has 0 fully saturated rings. The lowest BCUT2D eigenvalue weighted by Crippen LogP contribution is -2.30. The monoisotopic (exact) mass is 314 g/mol. The van der Waals surface area contributed by atoms with Crippen molar-refractivity contribution in [2.45, 2.75) is 17.9 Å². The van der Waals surface area contributed by atoms with Gasteiger partial charge in [0.25, 0.3) is 0 Å². The molecular weight excluding hydrogens is 302 g/mol. The third kappa shape index (κ3) is 3.34. The van der Waals surface area contributed by atoms with Crippen LogP contribution in [-0.4, -0.2) is 13.4 Å². The quantitative estimate of drug-likeness (QED) is 0.901. The van der Waals surface area contributed by atoms with Crippen molar-refractivity contribution in [3.05, 3.63) is 64.1 Å². The van der Waals surface area contributed by atoms with Gasteiger partial charge in [-0.2, -0.15) is 0 Å². The molecule has 0 aliphatic rings. The number of hydrogen-bond acceptors (Lipinski definition) is 3. The lowest BCUT2D eigenvalue weighted by Gasteiger charge is -2.14. The number of H-pyrrole nitrogens is 1. The summed E-state index contributed by atoms with van der Waals surface area (Å²) in [6.07, 6.45) is 2.36. The Balaban J connectivity index is 2.30. The molecule has 0 saturated heterocycles. The topological polar surface area (TPSA) is 79.0 Å². The Bertz CT molecular complexity index is 818. The summed E-state index contributed by atoms with van der Waals surface area (Å²) in [5.74, 6) is -2.09. The maximum Gasteiger partial charge on any atom is 0.246 e. The number of aromatic nitrogens is 1. The number of benzene rings is 1. The highest BCUT2D eigenvalue weighted by Gasteiger charge is 2.21. The second-order valence-corrected chi connectivity index (χ2v) is 6.07. The van der Waals surface area contributed by atoms with Gasteiger partial charge in [-0.15, -0.1) is 0 Å². The zero-order valence-electron chi connectivity index (χ0n) is 10.9. The molecular formula is C13H12F2N2O3S. The van der Waals surface area contributed by atoms with Crippen molar-refractivity contribution in [3.63, 3.8) is 0 Å². The number of halogens is 2. The van der Waals surface area contributed by atoms with E-state index in [-0.39, 0.29) is 5.56 Å². The molecule has 0 aliphatic heterocycles. The van der Waals surface area contributed by atoms with E-state index in [1.807, 2.05) is 0 Å². The van der Waals surface area contributed by atoms with Crippen molar-refractivity contribution < 1.29 is 17.2 Å². The van der Waals surface area contributed by atoms with E-state index in [1.165, 1.54) is 19.2 Å². The molecule has 1 heterocycles. The van der Waals surface area contributed by atoms with Crippen LogP contribution in [-0.2, 0) is 10.0 Å². The summed E-state index contributed by atoms with van der Waals surface area (Å²) in [4.78, 5) is 13.6. The predicted octanol–water partition coefficient (Wildman–Crippen LogP) is 1.69. The first-order valence-corrected chi connectivity index (χ1v) is 7.44. The molecule has 21 heavy (non-hydrogen) atoms. The van der Waals surface area contributed by atoms with E-state index in [0.717, 1.165) is 24.4 Å². The van der Waals surface area contributed by atoms with Gasteiger partial charge in [-0.05, 0) is 24.6 Å². The third-order valence-corrected chi connectivity index (χ3v) is 4.42. The minimum absolute atomic E-state index is 0.241. The Morgan fingerprint density at radius 1 is 1.19 bits per heavy atom. The van der Waals surface area contributed by atoms with Crippen LogP contribution in [0.25, 0.3) is 0 Å². The van der Waals surface area contributed by atoms with Crippen LogP contribution in [0.3, 0.4) is 0 Å². The van der Waals surface area contributed by atoms with Crippen molar-refractivity contribution in [2.24, 2.45) is 0 Å². The standard InChI is InChI=1S/C13H12F2N2O3S/c1-8(9-2-3-10(14)11(15)6-9)17-21(19,20)13-7-16-5-4-12(13)18/h2-8,17H,1H3,(H,16,18). The Labute approximate surface area is 119 Å². The first kappa shape index (κ1) is 15.3. The van der Waals surface area contributed by atoms with Crippen LogP contribution in [0.1, 0.15) is 18.5 Å². The summed E-state index contributed by atoms with van der Waals surface area (Å²) < 4.78 is 52.4. The molecule has 1 aromatic heterocycles. The minimum atomic E-state index is -4.07. The first-order valence-electron chi connectivity index (χ1n) is 5.95. The number of rotatable bonds is 4. The molecule has 2 rings (SSSR count). The van der Waals surface area contributed by atoms with Gasteiger partial charge in [0.05, 0.1) is 0 Å². The average Bonchev–Trinajstić information content (AvgIpc) is 2.41. The summed E-state index contributed by atoms with van der Waals surface area (Å²) >= 11 is 0. The SMILES string of the molecule is CC(NS(=O)(=O)c1c[nH]ccc1=O)c1ccc(F)c(F)c1. The minimum Gasteiger partial charge on any atom is -0.366 e. The second kappa shape index (κ2) is 5.74. The van der Waals surface area contributed by atoms with Gasteiger partial charge in [0.15, 0.2) is 11.6 Å². The van der Waals surface area contributed by atoms with Gasteiger partial charge in [-0.1, -0.05) is 6.07 Å². The fraction of sp³-hybridized carbons (Fsp3) is 0.154. The molecule has 1 atom stereocenters. The zero-order valence-corrected chi connectivity index (χ0v) is 11.7. The molecule has 0 radical (unpaired) electrons. The summed E-state index contributed by atoms with van der Waals surface area (Å²) in [5, 5.41) is 0. The van der Waals surface area contributed by atoms with Crippen LogP contribution in [0, 0.1) is 11.6 Å². The van der Waals surface area contributed by atoms with Crippen molar-refractivity contribution in [2.75, 3.05) is 0 Å². The van der Waals surface area contributed by atoms with E-state index in [2.05, 4.69) is 9.71 Å². The fourth-order valence-corrected chi connectivity index (χ4v) is 3.04. The van der Waals surface area contributed by atoms with E-state index in [4.69, 9.17) is 0 Å². The van der Waals surface area contributed by atoms with Crippen LogP contribution in [0.4, 0.5) is 8.78 Å². The molecule has 1 aromatic carbocycles. The maximum atomic E-state index is 13.2. The summed E-state index contributed by atoms with van der Waals surface area (Å²) in [6.45, 7) is 1.46. The molecule has 2 aromatic rings. The molecule has 112 valence electrons. The number of aromatic amines is 1. The van der Waals surface area contributed by atoms with E-state index < -0.39 is 38.0 Å². The number of hydrogen-bond donors (Lipinski definition) is 2. The average molecular weight is 314 g/mol. The van der Waals surface area contributed by atoms with Crippen LogP contribution in [0.15, 0.2) is 46.3 Å². The van der Waals surface area contributed by atoms with Crippen LogP contribution in [0.2, 0.25) is 0 Å².